The molecule has 1 heterocycles. The molecule has 5 N–H and O–H groups in total. The molecule has 0 saturated carbocycles. The fourth-order valence-electron chi connectivity index (χ4n) is 3.52. The quantitative estimate of drug-likeness (QED) is 0.283. The molecule has 33 heavy (non-hydrogen) atoms. The molecular weight excluding hydrogens is 454 g/mol. The van der Waals surface area contributed by atoms with Gasteiger partial charge in [-0.3, -0.25) is 14.1 Å². The van der Waals surface area contributed by atoms with Crippen LogP contribution in [0, 0.1) is 11.8 Å². The first-order chi connectivity index (χ1) is 15.5. The van der Waals surface area contributed by atoms with E-state index in [2.05, 4.69) is 16.0 Å². The first kappa shape index (κ1) is 26.6. The zero-order valence-corrected chi connectivity index (χ0v) is 19.4. The molecule has 1 saturated heterocycles. The molecule has 184 valence electrons. The maximum Gasteiger partial charge on any atom is 0.408 e. The van der Waals surface area contributed by atoms with E-state index in [1.807, 2.05) is 19.9 Å². The van der Waals surface area contributed by atoms with Crippen LogP contribution in [0.5, 0.6) is 0 Å². The summed E-state index contributed by atoms with van der Waals surface area (Å²) in [4.78, 5) is 37.1. The topological polar surface area (TPSA) is 171 Å². The van der Waals surface area contributed by atoms with Crippen LogP contribution in [0.1, 0.15) is 38.7 Å². The van der Waals surface area contributed by atoms with Gasteiger partial charge in [0.25, 0.3) is 10.1 Å². The first-order valence-corrected chi connectivity index (χ1v) is 12.2. The third kappa shape index (κ3) is 8.63. The maximum atomic E-state index is 12.9. The highest BCUT2D eigenvalue weighted by Crippen LogP contribution is 2.20. The van der Waals surface area contributed by atoms with Crippen molar-refractivity contribution in [2.24, 2.45) is 11.8 Å². The Labute approximate surface area is 193 Å². The second-order valence-electron chi connectivity index (χ2n) is 8.42. The Balaban J connectivity index is 2.08. The number of benzene rings is 1. The summed E-state index contributed by atoms with van der Waals surface area (Å²) >= 11 is 0. The van der Waals surface area contributed by atoms with Gasteiger partial charge in [-0.05, 0) is 30.7 Å². The van der Waals surface area contributed by atoms with Crippen molar-refractivity contribution in [3.8, 4) is 0 Å². The molecule has 1 fully saturated rings. The second kappa shape index (κ2) is 12.0. The van der Waals surface area contributed by atoms with Crippen LogP contribution in [-0.2, 0) is 31.1 Å². The van der Waals surface area contributed by atoms with Crippen molar-refractivity contribution in [1.82, 2.24) is 16.0 Å². The number of ether oxygens (including phenoxy) is 1. The van der Waals surface area contributed by atoms with Crippen LogP contribution in [0.2, 0.25) is 0 Å². The molecule has 11 nitrogen and oxygen atoms in total. The number of alkyl carbamates (subject to hydrolysis) is 1. The number of hydrogen-bond acceptors (Lipinski definition) is 7. The minimum absolute atomic E-state index is 0.0103. The number of nitrogens with one attached hydrogen (secondary N) is 3. The van der Waals surface area contributed by atoms with Gasteiger partial charge < -0.3 is 25.8 Å². The Hall–Kier alpha value is -2.70. The van der Waals surface area contributed by atoms with Crippen LogP contribution in [0.4, 0.5) is 4.79 Å². The number of aliphatic hydroxyl groups is 1. The highest BCUT2D eigenvalue weighted by Gasteiger charge is 2.37. The predicted octanol–water partition coefficient (Wildman–Crippen LogP) is 0.545. The van der Waals surface area contributed by atoms with Gasteiger partial charge in [-0.25, -0.2) is 4.79 Å². The number of amides is 3. The van der Waals surface area contributed by atoms with E-state index in [-0.39, 0.29) is 31.3 Å². The number of hydrogen-bond donors (Lipinski definition) is 5. The van der Waals surface area contributed by atoms with Gasteiger partial charge in [-0.15, -0.1) is 0 Å². The third-order valence-electron chi connectivity index (χ3n) is 5.21. The van der Waals surface area contributed by atoms with Crippen molar-refractivity contribution in [2.75, 3.05) is 6.54 Å². The van der Waals surface area contributed by atoms with E-state index in [4.69, 9.17) is 4.74 Å². The average Bonchev–Trinajstić information content (AvgIpc) is 3.14. The number of aliphatic hydroxyl groups excluding tert-OH is 1. The molecular formula is C21H31N3O8S. The van der Waals surface area contributed by atoms with Crippen molar-refractivity contribution >= 4 is 28.0 Å². The number of carbonyl (C=O) groups excluding carboxylic acids is 3. The molecule has 4 atom stereocenters. The summed E-state index contributed by atoms with van der Waals surface area (Å²) in [5.74, 6) is -1.77. The van der Waals surface area contributed by atoms with Gasteiger partial charge in [0.1, 0.15) is 12.6 Å². The molecule has 1 aliphatic heterocycles. The van der Waals surface area contributed by atoms with E-state index >= 15 is 0 Å². The SMILES string of the molecule is CC(C)CC(NC(=O)OCc1ccccc1)C(=O)N[C@@H](CC1CCNC1=O)C(O)S(=O)(=O)O. The molecule has 0 spiro atoms. The van der Waals surface area contributed by atoms with E-state index < -0.39 is 45.6 Å². The minimum Gasteiger partial charge on any atom is -0.445 e. The normalized spacial score (nSPS) is 18.8. The Kier molecular flexibility index (Phi) is 9.62. The fraction of sp³-hybridized carbons (Fsp3) is 0.571. The van der Waals surface area contributed by atoms with Crippen molar-refractivity contribution in [3.05, 3.63) is 35.9 Å². The van der Waals surface area contributed by atoms with Gasteiger partial charge in [0.15, 0.2) is 0 Å². The smallest absolute Gasteiger partial charge is 0.408 e. The van der Waals surface area contributed by atoms with E-state index in [0.717, 1.165) is 5.56 Å². The number of carbonyl (C=O) groups is 3. The van der Waals surface area contributed by atoms with E-state index in [9.17, 15) is 32.5 Å². The summed E-state index contributed by atoms with van der Waals surface area (Å²) in [6.07, 6.45) is -0.458. The molecule has 1 aliphatic rings. The van der Waals surface area contributed by atoms with E-state index in [1.165, 1.54) is 0 Å². The van der Waals surface area contributed by atoms with Crippen LogP contribution in [0.3, 0.4) is 0 Å². The highest BCUT2D eigenvalue weighted by molar-refractivity contribution is 7.86. The molecule has 0 radical (unpaired) electrons. The van der Waals surface area contributed by atoms with Gasteiger partial charge in [0.2, 0.25) is 17.3 Å². The zero-order valence-electron chi connectivity index (χ0n) is 18.6. The molecule has 3 unspecified atom stereocenters. The highest BCUT2D eigenvalue weighted by atomic mass is 32.2. The largest absolute Gasteiger partial charge is 0.445 e. The Morgan fingerprint density at radius 3 is 2.42 bits per heavy atom. The zero-order chi connectivity index (χ0) is 24.6. The van der Waals surface area contributed by atoms with E-state index in [0.29, 0.717) is 13.0 Å². The Morgan fingerprint density at radius 2 is 1.88 bits per heavy atom. The summed E-state index contributed by atoms with van der Waals surface area (Å²) < 4.78 is 37.5. The average molecular weight is 486 g/mol. The lowest BCUT2D eigenvalue weighted by Crippen LogP contribution is -2.54. The Bertz CT molecular complexity index is 923. The van der Waals surface area contributed by atoms with Crippen LogP contribution >= 0.6 is 0 Å². The monoisotopic (exact) mass is 485 g/mol. The lowest BCUT2D eigenvalue weighted by Gasteiger charge is -2.27. The van der Waals surface area contributed by atoms with Crippen molar-refractivity contribution in [3.63, 3.8) is 0 Å². The fourth-order valence-corrected chi connectivity index (χ4v) is 4.12. The third-order valence-corrected chi connectivity index (χ3v) is 6.15. The molecule has 0 aliphatic carbocycles. The van der Waals surface area contributed by atoms with Crippen molar-refractivity contribution in [1.29, 1.82) is 0 Å². The lowest BCUT2D eigenvalue weighted by molar-refractivity contribution is -0.126. The standard InChI is InChI=1S/C21H31N3O8S/c1-13(2)10-16(24-21(28)32-12-14-6-4-3-5-7-14)19(26)23-17(20(27)33(29,30)31)11-15-8-9-22-18(15)25/h3-7,13,15-17,20,27H,8-12H2,1-2H3,(H,22,25)(H,23,26)(H,24,28)(H,29,30,31)/t15?,16?,17-,20?/m0/s1. The molecule has 2 rings (SSSR count). The Morgan fingerprint density at radius 1 is 1.21 bits per heavy atom. The van der Waals surface area contributed by atoms with Crippen LogP contribution in [0.25, 0.3) is 0 Å². The van der Waals surface area contributed by atoms with Gasteiger partial charge in [-0.2, -0.15) is 8.42 Å². The predicted molar refractivity (Wildman–Crippen MR) is 118 cm³/mol. The molecule has 0 bridgehead atoms. The maximum absolute atomic E-state index is 12.9. The summed E-state index contributed by atoms with van der Waals surface area (Å²) in [5.41, 5.74) is -1.58. The number of rotatable bonds is 11. The second-order valence-corrected chi connectivity index (χ2v) is 9.93. The summed E-state index contributed by atoms with van der Waals surface area (Å²) in [6.45, 7) is 4.02. The van der Waals surface area contributed by atoms with Crippen LogP contribution < -0.4 is 16.0 Å². The molecule has 0 aromatic heterocycles. The minimum atomic E-state index is -4.92. The van der Waals surface area contributed by atoms with Crippen LogP contribution in [-0.4, -0.2) is 60.0 Å². The van der Waals surface area contributed by atoms with E-state index in [1.54, 1.807) is 24.3 Å². The first-order valence-electron chi connectivity index (χ1n) is 10.7. The van der Waals surface area contributed by atoms with Gasteiger partial charge >= 0.3 is 6.09 Å². The molecule has 12 heteroatoms. The summed E-state index contributed by atoms with van der Waals surface area (Å²) in [6, 6.07) is 6.38. The molecule has 1 aromatic rings. The van der Waals surface area contributed by atoms with Gasteiger partial charge in [0, 0.05) is 12.5 Å². The molecule has 1 aromatic carbocycles. The lowest BCUT2D eigenvalue weighted by atomic mass is 9.97. The van der Waals surface area contributed by atoms with Gasteiger partial charge in [-0.1, -0.05) is 44.2 Å². The van der Waals surface area contributed by atoms with Crippen molar-refractivity contribution < 1.29 is 37.2 Å². The molecule has 3 amide bonds. The van der Waals surface area contributed by atoms with Crippen LogP contribution in [0.15, 0.2) is 30.3 Å². The van der Waals surface area contributed by atoms with Crippen molar-refractivity contribution in [2.45, 2.75) is 57.2 Å². The van der Waals surface area contributed by atoms with Gasteiger partial charge in [0.05, 0.1) is 6.04 Å². The summed E-state index contributed by atoms with van der Waals surface area (Å²) in [7, 11) is -4.92. The summed E-state index contributed by atoms with van der Waals surface area (Å²) in [5, 5.41) is 17.5.